The van der Waals surface area contributed by atoms with E-state index < -0.39 is 11.1 Å². The largest absolute Gasteiger partial charge is 0.482 e. The van der Waals surface area contributed by atoms with Gasteiger partial charge in [0, 0.05) is 11.1 Å². The third-order valence-corrected chi connectivity index (χ3v) is 5.68. The second-order valence-electron chi connectivity index (χ2n) is 6.76. The van der Waals surface area contributed by atoms with Gasteiger partial charge in [0.05, 0.1) is 5.25 Å². The number of halogens is 1. The summed E-state index contributed by atoms with van der Waals surface area (Å²) in [5.74, 6) is 5.80. The highest BCUT2D eigenvalue weighted by atomic mass is 32.2. The fourth-order valence-electron chi connectivity index (χ4n) is 2.97. The van der Waals surface area contributed by atoms with Crippen molar-refractivity contribution >= 4 is 34.1 Å². The summed E-state index contributed by atoms with van der Waals surface area (Å²) in [5.41, 5.74) is 0.740. The Morgan fingerprint density at radius 1 is 1.13 bits per heavy atom. The molecule has 1 amide bonds. The number of fused-ring (bicyclic) bond motifs is 1. The summed E-state index contributed by atoms with van der Waals surface area (Å²) < 4.78 is 20.4. The molecule has 9 heteroatoms. The average Bonchev–Trinajstić information content (AvgIpc) is 3.12. The summed E-state index contributed by atoms with van der Waals surface area (Å²) in [6.07, 6.45) is 0. The molecule has 0 saturated carbocycles. The molecule has 0 aliphatic heterocycles. The number of nitrogens with two attached hydrogens (primary N) is 1. The number of aromatic nitrogens is 3. The van der Waals surface area contributed by atoms with E-state index in [9.17, 15) is 9.18 Å². The number of para-hydroxylation sites is 1. The zero-order valence-electron chi connectivity index (χ0n) is 16.7. The van der Waals surface area contributed by atoms with Crippen LogP contribution in [-0.4, -0.2) is 26.0 Å². The van der Waals surface area contributed by atoms with Crippen molar-refractivity contribution in [1.82, 2.24) is 14.9 Å². The zero-order valence-corrected chi connectivity index (χ0v) is 17.5. The van der Waals surface area contributed by atoms with Crippen LogP contribution in [0.1, 0.15) is 12.7 Å². The fraction of sp³-hybridized carbons (Fsp3) is 0.136. The molecule has 0 aliphatic rings. The van der Waals surface area contributed by atoms with Crippen LogP contribution < -0.4 is 15.9 Å². The number of hydrogen-bond donors (Lipinski definition) is 2. The van der Waals surface area contributed by atoms with E-state index in [1.807, 2.05) is 42.5 Å². The van der Waals surface area contributed by atoms with Gasteiger partial charge in [-0.05, 0) is 30.5 Å². The molecule has 1 aromatic heterocycles. The number of nitrogens with zero attached hydrogens (tertiary/aromatic N) is 3. The van der Waals surface area contributed by atoms with Crippen LogP contribution in [0, 0.1) is 5.82 Å². The molecule has 1 heterocycles. The highest BCUT2D eigenvalue weighted by Gasteiger charge is 2.20. The number of ether oxygens (including phenoxy) is 1. The first-order chi connectivity index (χ1) is 15.0. The van der Waals surface area contributed by atoms with E-state index in [0.717, 1.165) is 16.5 Å². The van der Waals surface area contributed by atoms with Gasteiger partial charge in [-0.3, -0.25) is 4.79 Å². The average molecular weight is 438 g/mol. The number of rotatable bonds is 7. The Morgan fingerprint density at radius 3 is 2.71 bits per heavy atom. The van der Waals surface area contributed by atoms with Crippen molar-refractivity contribution in [3.05, 3.63) is 78.4 Å². The van der Waals surface area contributed by atoms with Crippen molar-refractivity contribution in [1.29, 1.82) is 0 Å². The lowest BCUT2D eigenvalue weighted by molar-refractivity contribution is -0.115. The van der Waals surface area contributed by atoms with E-state index in [-0.39, 0.29) is 18.3 Å². The minimum absolute atomic E-state index is 0.0540. The molecular weight excluding hydrogens is 417 g/mol. The first kappa shape index (κ1) is 20.7. The van der Waals surface area contributed by atoms with Crippen LogP contribution in [-0.2, 0) is 11.4 Å². The van der Waals surface area contributed by atoms with Crippen LogP contribution in [0.25, 0.3) is 10.8 Å². The van der Waals surface area contributed by atoms with Crippen molar-refractivity contribution < 1.29 is 13.9 Å². The topological polar surface area (TPSA) is 95.1 Å². The van der Waals surface area contributed by atoms with Crippen LogP contribution in [0.4, 0.5) is 10.1 Å². The molecule has 7 nitrogen and oxygen atoms in total. The van der Waals surface area contributed by atoms with Crippen LogP contribution in [0.5, 0.6) is 5.75 Å². The number of thioether (sulfide) groups is 1. The molecule has 0 radical (unpaired) electrons. The van der Waals surface area contributed by atoms with Gasteiger partial charge >= 0.3 is 0 Å². The van der Waals surface area contributed by atoms with Crippen molar-refractivity contribution in [2.24, 2.45) is 0 Å². The van der Waals surface area contributed by atoms with Gasteiger partial charge in [0.15, 0.2) is 17.4 Å². The summed E-state index contributed by atoms with van der Waals surface area (Å²) in [6.45, 7) is 1.71. The van der Waals surface area contributed by atoms with Gasteiger partial charge in [-0.1, -0.05) is 60.3 Å². The molecule has 0 bridgehead atoms. The smallest absolute Gasteiger partial charge is 0.237 e. The lowest BCUT2D eigenvalue weighted by Gasteiger charge is -2.13. The first-order valence-electron chi connectivity index (χ1n) is 9.55. The molecule has 0 aliphatic carbocycles. The summed E-state index contributed by atoms with van der Waals surface area (Å²) >= 11 is 1.17. The fourth-order valence-corrected chi connectivity index (χ4v) is 3.76. The van der Waals surface area contributed by atoms with E-state index in [4.69, 9.17) is 10.6 Å². The molecule has 1 atom stereocenters. The molecular formula is C22H20FN5O2S. The van der Waals surface area contributed by atoms with Crippen LogP contribution >= 0.6 is 11.8 Å². The molecule has 158 valence electrons. The van der Waals surface area contributed by atoms with Gasteiger partial charge in [-0.25, -0.2) is 9.07 Å². The summed E-state index contributed by atoms with van der Waals surface area (Å²) in [7, 11) is 0. The zero-order chi connectivity index (χ0) is 21.8. The van der Waals surface area contributed by atoms with Crippen molar-refractivity contribution in [2.75, 3.05) is 11.2 Å². The highest BCUT2D eigenvalue weighted by molar-refractivity contribution is 8.00. The molecule has 4 aromatic rings. The quantitative estimate of drug-likeness (QED) is 0.335. The Hall–Kier alpha value is -3.59. The van der Waals surface area contributed by atoms with Crippen molar-refractivity contribution in [3.8, 4) is 5.75 Å². The summed E-state index contributed by atoms with van der Waals surface area (Å²) in [6, 6.07) is 19.6. The maximum atomic E-state index is 13.7. The van der Waals surface area contributed by atoms with Gasteiger partial charge < -0.3 is 15.9 Å². The maximum absolute atomic E-state index is 13.7. The van der Waals surface area contributed by atoms with E-state index in [1.54, 1.807) is 19.1 Å². The molecule has 3 aromatic carbocycles. The van der Waals surface area contributed by atoms with Gasteiger partial charge in [0.1, 0.15) is 6.61 Å². The second-order valence-corrected chi connectivity index (χ2v) is 8.07. The lowest BCUT2D eigenvalue weighted by atomic mass is 10.1. The van der Waals surface area contributed by atoms with Crippen LogP contribution in [0.3, 0.4) is 0 Å². The molecule has 3 N–H and O–H groups in total. The SMILES string of the molecule is CC(Sc1nnc(COc2ccccc2F)n1N)C(=O)Nc1cccc2ccccc12. The Bertz CT molecular complexity index is 1220. The van der Waals surface area contributed by atoms with Gasteiger partial charge in [-0.2, -0.15) is 0 Å². The second kappa shape index (κ2) is 9.05. The molecule has 1 unspecified atom stereocenters. The van der Waals surface area contributed by atoms with Crippen LogP contribution in [0.2, 0.25) is 0 Å². The van der Waals surface area contributed by atoms with E-state index in [0.29, 0.717) is 11.0 Å². The number of carbonyl (C=O) groups is 1. The number of amides is 1. The monoisotopic (exact) mass is 437 g/mol. The van der Waals surface area contributed by atoms with E-state index >= 15 is 0 Å². The Balaban J connectivity index is 1.41. The van der Waals surface area contributed by atoms with E-state index in [2.05, 4.69) is 15.5 Å². The number of hydrogen-bond acceptors (Lipinski definition) is 6. The third kappa shape index (κ3) is 4.61. The van der Waals surface area contributed by atoms with Crippen molar-refractivity contribution in [2.45, 2.75) is 23.9 Å². The highest BCUT2D eigenvalue weighted by Crippen LogP contribution is 2.26. The summed E-state index contributed by atoms with van der Waals surface area (Å²) in [5, 5.41) is 12.9. The minimum Gasteiger partial charge on any atom is -0.482 e. The molecule has 0 fully saturated rings. The first-order valence-corrected chi connectivity index (χ1v) is 10.4. The minimum atomic E-state index is -0.481. The maximum Gasteiger partial charge on any atom is 0.237 e. The molecule has 4 rings (SSSR count). The Morgan fingerprint density at radius 2 is 1.87 bits per heavy atom. The van der Waals surface area contributed by atoms with Gasteiger partial charge in [0.2, 0.25) is 11.1 Å². The predicted octanol–water partition coefficient (Wildman–Crippen LogP) is 3.98. The third-order valence-electron chi connectivity index (χ3n) is 4.63. The standard InChI is InChI=1S/C22H20FN5O2S/c1-14(21(29)25-18-11-6-8-15-7-2-3-9-16(15)18)31-22-27-26-20(28(22)24)13-30-19-12-5-4-10-17(19)23/h2-12,14H,13,24H2,1H3,(H,25,29). The number of carbonyl (C=O) groups excluding carboxylic acids is 1. The normalized spacial score (nSPS) is 11.9. The predicted molar refractivity (Wildman–Crippen MR) is 119 cm³/mol. The van der Waals surface area contributed by atoms with Gasteiger partial charge in [0.25, 0.3) is 0 Å². The Kier molecular flexibility index (Phi) is 6.03. The van der Waals surface area contributed by atoms with E-state index in [1.165, 1.54) is 28.6 Å². The van der Waals surface area contributed by atoms with Gasteiger partial charge in [-0.15, -0.1) is 10.2 Å². The number of anilines is 1. The molecule has 0 spiro atoms. The lowest BCUT2D eigenvalue weighted by Crippen LogP contribution is -2.24. The molecule has 0 saturated heterocycles. The number of nitrogen functional groups attached to an aromatic ring is 1. The van der Waals surface area contributed by atoms with Crippen LogP contribution in [0.15, 0.2) is 71.9 Å². The Labute approximate surface area is 182 Å². The van der Waals surface area contributed by atoms with Crippen molar-refractivity contribution in [3.63, 3.8) is 0 Å². The summed E-state index contributed by atoms with van der Waals surface area (Å²) in [4.78, 5) is 12.7. The number of benzene rings is 3. The molecule has 31 heavy (non-hydrogen) atoms. The number of nitrogens with one attached hydrogen (secondary N) is 1.